The molecular formula is C9H13NS. The molecule has 2 N–H and O–H groups in total. The number of hydrogen-bond acceptors (Lipinski definition) is 2. The van der Waals surface area contributed by atoms with Crippen LogP contribution in [0.3, 0.4) is 0 Å². The standard InChI is InChI=1S/C9H13NS/c1-4-6-11-9(5-2)8(3)7-10/h1,5,7H,6,10H2,2-3H3/b8-7-,9-5+. The molecule has 0 aliphatic heterocycles. The van der Waals surface area contributed by atoms with E-state index in [9.17, 15) is 0 Å². The first kappa shape index (κ1) is 10.2. The summed E-state index contributed by atoms with van der Waals surface area (Å²) < 4.78 is 0. The minimum atomic E-state index is 0.699. The summed E-state index contributed by atoms with van der Waals surface area (Å²) in [5.41, 5.74) is 6.43. The summed E-state index contributed by atoms with van der Waals surface area (Å²) in [6.07, 6.45) is 8.74. The van der Waals surface area contributed by atoms with Crippen molar-refractivity contribution in [3.05, 3.63) is 22.8 Å². The van der Waals surface area contributed by atoms with E-state index in [0.717, 1.165) is 10.5 Å². The number of allylic oxidation sites excluding steroid dienone is 2. The van der Waals surface area contributed by atoms with Gasteiger partial charge in [-0.3, -0.25) is 0 Å². The molecule has 60 valence electrons. The van der Waals surface area contributed by atoms with Gasteiger partial charge in [-0.2, -0.15) is 0 Å². The Bertz CT molecular complexity index is 208. The predicted octanol–water partition coefficient (Wildman–Crippen LogP) is 2.12. The lowest BCUT2D eigenvalue weighted by molar-refractivity contribution is 1.41. The van der Waals surface area contributed by atoms with E-state index in [2.05, 4.69) is 5.92 Å². The van der Waals surface area contributed by atoms with E-state index in [1.165, 1.54) is 0 Å². The molecule has 0 aromatic heterocycles. The molecule has 1 nitrogen and oxygen atoms in total. The van der Waals surface area contributed by atoms with Crippen LogP contribution in [0.2, 0.25) is 0 Å². The summed E-state index contributed by atoms with van der Waals surface area (Å²) in [5.74, 6) is 3.26. The molecule has 0 rings (SSSR count). The van der Waals surface area contributed by atoms with Gasteiger partial charge in [-0.1, -0.05) is 12.0 Å². The fourth-order valence-corrected chi connectivity index (χ4v) is 1.33. The summed E-state index contributed by atoms with van der Waals surface area (Å²) in [6, 6.07) is 0. The van der Waals surface area contributed by atoms with Gasteiger partial charge in [0.2, 0.25) is 0 Å². The largest absolute Gasteiger partial charge is 0.404 e. The summed E-state index contributed by atoms with van der Waals surface area (Å²) in [5, 5.41) is 0. The van der Waals surface area contributed by atoms with Crippen molar-refractivity contribution >= 4 is 11.8 Å². The fraction of sp³-hybridized carbons (Fsp3) is 0.333. The number of nitrogens with two attached hydrogens (primary N) is 1. The van der Waals surface area contributed by atoms with E-state index < -0.39 is 0 Å². The van der Waals surface area contributed by atoms with Crippen LogP contribution < -0.4 is 5.73 Å². The van der Waals surface area contributed by atoms with Crippen LogP contribution in [0.15, 0.2) is 22.8 Å². The molecule has 0 saturated heterocycles. The third kappa shape index (κ3) is 3.79. The molecular weight excluding hydrogens is 154 g/mol. The number of terminal acetylenes is 1. The molecule has 0 amide bonds. The van der Waals surface area contributed by atoms with Crippen LogP contribution in [0.1, 0.15) is 13.8 Å². The maximum Gasteiger partial charge on any atom is 0.0592 e. The van der Waals surface area contributed by atoms with Crippen LogP contribution >= 0.6 is 11.8 Å². The Labute approximate surface area is 72.7 Å². The Morgan fingerprint density at radius 1 is 1.73 bits per heavy atom. The highest BCUT2D eigenvalue weighted by atomic mass is 32.2. The van der Waals surface area contributed by atoms with Crippen LogP contribution in [0, 0.1) is 12.3 Å². The third-order valence-electron chi connectivity index (χ3n) is 1.21. The molecule has 0 radical (unpaired) electrons. The van der Waals surface area contributed by atoms with Gasteiger partial charge in [-0.05, 0) is 25.6 Å². The van der Waals surface area contributed by atoms with Gasteiger partial charge in [0.1, 0.15) is 0 Å². The Morgan fingerprint density at radius 3 is 2.73 bits per heavy atom. The zero-order valence-electron chi connectivity index (χ0n) is 6.92. The normalized spacial score (nSPS) is 12.8. The molecule has 0 aromatic rings. The molecule has 2 heteroatoms. The van der Waals surface area contributed by atoms with Gasteiger partial charge >= 0.3 is 0 Å². The highest BCUT2D eigenvalue weighted by Gasteiger charge is 1.96. The summed E-state index contributed by atoms with van der Waals surface area (Å²) in [6.45, 7) is 3.95. The second kappa shape index (κ2) is 5.94. The van der Waals surface area contributed by atoms with E-state index in [1.54, 1.807) is 18.0 Å². The zero-order chi connectivity index (χ0) is 8.69. The van der Waals surface area contributed by atoms with Gasteiger partial charge in [0, 0.05) is 4.91 Å². The van der Waals surface area contributed by atoms with E-state index in [0.29, 0.717) is 5.75 Å². The van der Waals surface area contributed by atoms with Crippen molar-refractivity contribution in [2.45, 2.75) is 13.8 Å². The maximum atomic E-state index is 5.35. The molecule has 0 spiro atoms. The molecule has 0 unspecified atom stereocenters. The first-order valence-corrected chi connectivity index (χ1v) is 4.36. The predicted molar refractivity (Wildman–Crippen MR) is 53.0 cm³/mol. The first-order valence-electron chi connectivity index (χ1n) is 3.37. The zero-order valence-corrected chi connectivity index (χ0v) is 7.74. The van der Waals surface area contributed by atoms with Gasteiger partial charge in [0.25, 0.3) is 0 Å². The van der Waals surface area contributed by atoms with Crippen LogP contribution in [-0.4, -0.2) is 5.75 Å². The fourth-order valence-electron chi connectivity index (χ4n) is 0.626. The van der Waals surface area contributed by atoms with E-state index >= 15 is 0 Å². The number of thioether (sulfide) groups is 1. The minimum Gasteiger partial charge on any atom is -0.404 e. The van der Waals surface area contributed by atoms with Crippen molar-refractivity contribution in [1.29, 1.82) is 0 Å². The van der Waals surface area contributed by atoms with Gasteiger partial charge in [0.05, 0.1) is 5.75 Å². The van der Waals surface area contributed by atoms with Crippen molar-refractivity contribution in [2.75, 3.05) is 5.75 Å². The maximum absolute atomic E-state index is 5.35. The van der Waals surface area contributed by atoms with Gasteiger partial charge in [0.15, 0.2) is 0 Å². The van der Waals surface area contributed by atoms with Crippen LogP contribution in [0.4, 0.5) is 0 Å². The van der Waals surface area contributed by atoms with Crippen molar-refractivity contribution in [2.24, 2.45) is 5.73 Å². The lowest BCUT2D eigenvalue weighted by atomic mass is 10.3. The summed E-state index contributed by atoms with van der Waals surface area (Å²) in [4.78, 5) is 1.16. The van der Waals surface area contributed by atoms with Crippen LogP contribution in [0.25, 0.3) is 0 Å². The van der Waals surface area contributed by atoms with E-state index in [-0.39, 0.29) is 0 Å². The van der Waals surface area contributed by atoms with Crippen molar-refractivity contribution in [3.8, 4) is 12.3 Å². The van der Waals surface area contributed by atoms with Crippen LogP contribution in [0.5, 0.6) is 0 Å². The molecule has 0 atom stereocenters. The Hall–Kier alpha value is -0.810. The molecule has 11 heavy (non-hydrogen) atoms. The summed E-state index contributed by atoms with van der Waals surface area (Å²) >= 11 is 1.63. The van der Waals surface area contributed by atoms with Gasteiger partial charge < -0.3 is 5.73 Å². The Morgan fingerprint density at radius 2 is 2.36 bits per heavy atom. The number of hydrogen-bond donors (Lipinski definition) is 1. The second-order valence-electron chi connectivity index (χ2n) is 2.00. The molecule has 0 heterocycles. The highest BCUT2D eigenvalue weighted by molar-refractivity contribution is 8.03. The van der Waals surface area contributed by atoms with Crippen LogP contribution in [-0.2, 0) is 0 Å². The first-order chi connectivity index (χ1) is 5.26. The topological polar surface area (TPSA) is 26.0 Å². The Balaban J connectivity index is 4.12. The van der Waals surface area contributed by atoms with E-state index in [1.807, 2.05) is 19.9 Å². The average Bonchev–Trinajstić information content (AvgIpc) is 2.05. The number of rotatable bonds is 3. The molecule has 0 aliphatic rings. The second-order valence-corrected chi connectivity index (χ2v) is 3.01. The van der Waals surface area contributed by atoms with Crippen molar-refractivity contribution < 1.29 is 0 Å². The average molecular weight is 167 g/mol. The summed E-state index contributed by atoms with van der Waals surface area (Å²) in [7, 11) is 0. The van der Waals surface area contributed by atoms with Gasteiger partial charge in [-0.15, -0.1) is 18.2 Å². The smallest absolute Gasteiger partial charge is 0.0592 e. The van der Waals surface area contributed by atoms with Crippen molar-refractivity contribution in [1.82, 2.24) is 0 Å². The monoisotopic (exact) mass is 167 g/mol. The molecule has 0 fully saturated rings. The molecule has 0 aliphatic carbocycles. The minimum absolute atomic E-state index is 0.699. The SMILES string of the molecule is C#CCSC(=C/C)/C(C)=C\N. The van der Waals surface area contributed by atoms with Crippen molar-refractivity contribution in [3.63, 3.8) is 0 Å². The van der Waals surface area contributed by atoms with E-state index in [4.69, 9.17) is 12.2 Å². The quantitative estimate of drug-likeness (QED) is 0.514. The highest BCUT2D eigenvalue weighted by Crippen LogP contribution is 2.21. The van der Waals surface area contributed by atoms with Gasteiger partial charge in [-0.25, -0.2) is 0 Å². The molecule has 0 saturated carbocycles. The third-order valence-corrected chi connectivity index (χ3v) is 2.39. The Kier molecular flexibility index (Phi) is 5.50. The lowest BCUT2D eigenvalue weighted by Gasteiger charge is -2.02. The lowest BCUT2D eigenvalue weighted by Crippen LogP contribution is -1.87. The molecule has 0 bridgehead atoms. The molecule has 0 aromatic carbocycles.